The zero-order valence-electron chi connectivity index (χ0n) is 14.1. The largest absolute Gasteiger partial charge is 0.478 e. The maximum atomic E-state index is 14.8. The minimum Gasteiger partial charge on any atom is -0.478 e. The zero-order chi connectivity index (χ0) is 19.8. The number of fused-ring (bicyclic) bond motifs is 1. The number of hydrogen-bond donors (Lipinski definition) is 1. The van der Waals surface area contributed by atoms with Gasteiger partial charge in [-0.1, -0.05) is 29.4 Å². The van der Waals surface area contributed by atoms with Crippen LogP contribution in [-0.4, -0.2) is 20.6 Å². The van der Waals surface area contributed by atoms with Gasteiger partial charge < -0.3 is 9.67 Å². The van der Waals surface area contributed by atoms with Crippen molar-refractivity contribution in [3.63, 3.8) is 0 Å². The summed E-state index contributed by atoms with van der Waals surface area (Å²) in [6, 6.07) is 10.7. The molecule has 2 heterocycles. The number of halogens is 3. The standard InChI is InChI=1S/C20H11ClF2N2O2S/c21-14-7-6-12-16(28-15-5-1-4-13(17(15)22)20(26)27)10-25(19(12)18(14)23)11-3-2-8-24-9-11/h1-10H,(H,26,27). The number of nitrogens with zero attached hydrogens (tertiary/aromatic N) is 2. The van der Waals surface area contributed by atoms with E-state index in [0.717, 1.165) is 11.8 Å². The average molecular weight is 417 g/mol. The molecule has 0 radical (unpaired) electrons. The van der Waals surface area contributed by atoms with Crippen molar-refractivity contribution in [2.45, 2.75) is 9.79 Å². The van der Waals surface area contributed by atoms with Gasteiger partial charge in [-0.05, 0) is 36.4 Å². The van der Waals surface area contributed by atoms with E-state index in [4.69, 9.17) is 16.7 Å². The quantitative estimate of drug-likeness (QED) is 0.456. The molecule has 0 aliphatic carbocycles. The van der Waals surface area contributed by atoms with Crippen LogP contribution < -0.4 is 0 Å². The van der Waals surface area contributed by atoms with Crippen LogP contribution in [0, 0.1) is 11.6 Å². The van der Waals surface area contributed by atoms with Crippen molar-refractivity contribution in [2.24, 2.45) is 0 Å². The Balaban J connectivity index is 1.91. The molecule has 0 spiro atoms. The molecule has 0 amide bonds. The zero-order valence-corrected chi connectivity index (χ0v) is 15.6. The van der Waals surface area contributed by atoms with E-state index in [2.05, 4.69) is 4.98 Å². The number of aromatic carboxylic acids is 1. The highest BCUT2D eigenvalue weighted by atomic mass is 35.5. The first kappa shape index (κ1) is 18.5. The van der Waals surface area contributed by atoms with E-state index in [0.29, 0.717) is 16.0 Å². The van der Waals surface area contributed by atoms with E-state index in [1.54, 1.807) is 41.4 Å². The molecule has 0 saturated heterocycles. The number of rotatable bonds is 4. The Hall–Kier alpha value is -2.90. The number of carboxylic acids is 1. The van der Waals surface area contributed by atoms with Crippen molar-refractivity contribution in [3.8, 4) is 5.69 Å². The fourth-order valence-electron chi connectivity index (χ4n) is 2.88. The SMILES string of the molecule is O=C(O)c1cccc(Sc2cn(-c3cccnc3)c3c(F)c(Cl)ccc23)c1F. The number of pyridine rings is 1. The van der Waals surface area contributed by atoms with E-state index in [9.17, 15) is 13.6 Å². The molecule has 2 aromatic carbocycles. The summed E-state index contributed by atoms with van der Waals surface area (Å²) in [6.07, 6.45) is 4.82. The van der Waals surface area contributed by atoms with Gasteiger partial charge in [0.15, 0.2) is 11.6 Å². The van der Waals surface area contributed by atoms with Crippen LogP contribution in [0.2, 0.25) is 5.02 Å². The van der Waals surface area contributed by atoms with E-state index in [1.807, 2.05) is 0 Å². The second-order valence-corrected chi connectivity index (χ2v) is 7.35. The summed E-state index contributed by atoms with van der Waals surface area (Å²) in [5, 5.41) is 9.61. The van der Waals surface area contributed by atoms with E-state index in [-0.39, 0.29) is 15.4 Å². The van der Waals surface area contributed by atoms with Gasteiger partial charge in [-0.2, -0.15) is 0 Å². The summed E-state index contributed by atoms with van der Waals surface area (Å²) in [7, 11) is 0. The molecular weight excluding hydrogens is 406 g/mol. The second kappa shape index (κ2) is 7.26. The highest BCUT2D eigenvalue weighted by Gasteiger charge is 2.20. The Morgan fingerprint density at radius 1 is 1.07 bits per heavy atom. The molecule has 0 bridgehead atoms. The van der Waals surface area contributed by atoms with Crippen LogP contribution in [0.4, 0.5) is 8.78 Å². The number of hydrogen-bond acceptors (Lipinski definition) is 3. The Bertz CT molecular complexity index is 1210. The van der Waals surface area contributed by atoms with Crippen molar-refractivity contribution >= 4 is 40.2 Å². The average Bonchev–Trinajstić information content (AvgIpc) is 3.06. The fraction of sp³-hybridized carbons (Fsp3) is 0. The van der Waals surface area contributed by atoms with Crippen molar-refractivity contribution in [3.05, 3.63) is 83.3 Å². The van der Waals surface area contributed by atoms with Crippen LogP contribution in [0.25, 0.3) is 16.6 Å². The predicted octanol–water partition coefficient (Wildman–Crippen LogP) is 5.81. The summed E-state index contributed by atoms with van der Waals surface area (Å²) < 4.78 is 31.0. The summed E-state index contributed by atoms with van der Waals surface area (Å²) in [4.78, 5) is 15.9. The monoisotopic (exact) mass is 416 g/mol. The molecule has 4 aromatic rings. The van der Waals surface area contributed by atoms with Gasteiger partial charge in [0, 0.05) is 27.6 Å². The van der Waals surface area contributed by atoms with Crippen LogP contribution in [0.5, 0.6) is 0 Å². The molecule has 0 fully saturated rings. The summed E-state index contributed by atoms with van der Waals surface area (Å²) >= 11 is 6.98. The number of aromatic nitrogens is 2. The Labute approximate surface area is 167 Å². The smallest absolute Gasteiger partial charge is 0.338 e. The van der Waals surface area contributed by atoms with Crippen molar-refractivity contribution in [2.75, 3.05) is 0 Å². The first-order valence-electron chi connectivity index (χ1n) is 8.06. The Morgan fingerprint density at radius 2 is 1.89 bits per heavy atom. The summed E-state index contributed by atoms with van der Waals surface area (Å²) in [5.74, 6) is -2.79. The lowest BCUT2D eigenvalue weighted by molar-refractivity contribution is 0.0691. The molecule has 4 nitrogen and oxygen atoms in total. The third-order valence-electron chi connectivity index (χ3n) is 4.16. The predicted molar refractivity (Wildman–Crippen MR) is 104 cm³/mol. The molecule has 0 atom stereocenters. The normalized spacial score (nSPS) is 11.1. The lowest BCUT2D eigenvalue weighted by atomic mass is 10.2. The van der Waals surface area contributed by atoms with Crippen LogP contribution >= 0.6 is 23.4 Å². The number of benzene rings is 2. The van der Waals surface area contributed by atoms with Crippen LogP contribution in [0.1, 0.15) is 10.4 Å². The minimum atomic E-state index is -1.35. The third-order valence-corrected chi connectivity index (χ3v) is 5.53. The molecule has 140 valence electrons. The maximum Gasteiger partial charge on any atom is 0.338 e. The molecule has 28 heavy (non-hydrogen) atoms. The van der Waals surface area contributed by atoms with Gasteiger partial charge in [-0.25, -0.2) is 13.6 Å². The molecule has 0 saturated carbocycles. The van der Waals surface area contributed by atoms with E-state index in [1.165, 1.54) is 24.3 Å². The van der Waals surface area contributed by atoms with Gasteiger partial charge in [0.05, 0.1) is 28.0 Å². The molecular formula is C20H11ClF2N2O2S. The topological polar surface area (TPSA) is 55.1 Å². The lowest BCUT2D eigenvalue weighted by Crippen LogP contribution is -2.01. The third kappa shape index (κ3) is 3.12. The molecule has 0 unspecified atom stereocenters. The number of carbonyl (C=O) groups is 1. The highest BCUT2D eigenvalue weighted by Crippen LogP contribution is 2.40. The van der Waals surface area contributed by atoms with Crippen molar-refractivity contribution in [1.29, 1.82) is 0 Å². The van der Waals surface area contributed by atoms with Gasteiger partial charge in [0.2, 0.25) is 0 Å². The molecule has 2 aromatic heterocycles. The summed E-state index contributed by atoms with van der Waals surface area (Å²) in [5.41, 5.74) is 0.424. The van der Waals surface area contributed by atoms with E-state index >= 15 is 0 Å². The van der Waals surface area contributed by atoms with Crippen molar-refractivity contribution in [1.82, 2.24) is 9.55 Å². The van der Waals surface area contributed by atoms with E-state index < -0.39 is 23.2 Å². The van der Waals surface area contributed by atoms with Gasteiger partial charge in [-0.15, -0.1) is 0 Å². The van der Waals surface area contributed by atoms with Crippen LogP contribution in [0.15, 0.2) is 70.8 Å². The first-order chi connectivity index (χ1) is 13.5. The molecule has 0 aliphatic rings. The maximum absolute atomic E-state index is 14.8. The van der Waals surface area contributed by atoms with Gasteiger partial charge >= 0.3 is 5.97 Å². The molecule has 1 N–H and O–H groups in total. The lowest BCUT2D eigenvalue weighted by Gasteiger charge is -2.05. The molecule has 8 heteroatoms. The highest BCUT2D eigenvalue weighted by molar-refractivity contribution is 7.99. The Kier molecular flexibility index (Phi) is 4.78. The molecule has 0 aliphatic heterocycles. The minimum absolute atomic E-state index is 0.0358. The van der Waals surface area contributed by atoms with Gasteiger partial charge in [0.1, 0.15) is 0 Å². The summed E-state index contributed by atoms with van der Waals surface area (Å²) in [6.45, 7) is 0. The molecule has 4 rings (SSSR count). The fourth-order valence-corrected chi connectivity index (χ4v) is 4.05. The van der Waals surface area contributed by atoms with Crippen LogP contribution in [0.3, 0.4) is 0 Å². The first-order valence-corrected chi connectivity index (χ1v) is 9.26. The van der Waals surface area contributed by atoms with Gasteiger partial charge in [0.25, 0.3) is 0 Å². The number of carboxylic acid groups (broad SMARTS) is 1. The van der Waals surface area contributed by atoms with Crippen LogP contribution in [-0.2, 0) is 0 Å². The Morgan fingerprint density at radius 3 is 2.61 bits per heavy atom. The van der Waals surface area contributed by atoms with Gasteiger partial charge in [-0.3, -0.25) is 4.98 Å². The second-order valence-electron chi connectivity index (χ2n) is 5.86. The van der Waals surface area contributed by atoms with Crippen molar-refractivity contribution < 1.29 is 18.7 Å².